The molecular formula is C17H32. The average Bonchev–Trinajstić information content (AvgIpc) is 2.38. The van der Waals surface area contributed by atoms with Crippen LogP contribution in [0.3, 0.4) is 0 Å². The highest BCUT2D eigenvalue weighted by Gasteiger charge is 2.44. The van der Waals surface area contributed by atoms with E-state index in [0.717, 1.165) is 23.7 Å². The molecule has 0 aromatic rings. The normalized spacial score (nSPS) is 38.8. The van der Waals surface area contributed by atoms with E-state index in [2.05, 4.69) is 27.7 Å². The molecular weight excluding hydrogens is 204 g/mol. The molecule has 0 aliphatic heterocycles. The van der Waals surface area contributed by atoms with Gasteiger partial charge in [-0.1, -0.05) is 59.8 Å². The predicted octanol–water partition coefficient (Wildman–Crippen LogP) is 5.67. The van der Waals surface area contributed by atoms with Gasteiger partial charge in [-0.15, -0.1) is 0 Å². The van der Waals surface area contributed by atoms with Gasteiger partial charge in [-0.25, -0.2) is 0 Å². The van der Waals surface area contributed by atoms with Gasteiger partial charge in [-0.2, -0.15) is 0 Å². The topological polar surface area (TPSA) is 0 Å². The molecule has 2 aliphatic carbocycles. The smallest absolute Gasteiger partial charge is 0.0300 e. The van der Waals surface area contributed by atoms with E-state index in [0.29, 0.717) is 5.41 Å². The second-order valence-electron chi connectivity index (χ2n) is 7.13. The van der Waals surface area contributed by atoms with Crippen LogP contribution in [0, 0.1) is 29.1 Å². The third-order valence-corrected chi connectivity index (χ3v) is 6.56. The summed E-state index contributed by atoms with van der Waals surface area (Å²) in [5, 5.41) is 0. The Morgan fingerprint density at radius 1 is 0.882 bits per heavy atom. The van der Waals surface area contributed by atoms with Gasteiger partial charge in [0, 0.05) is 0 Å². The molecule has 0 aromatic carbocycles. The molecule has 0 amide bonds. The zero-order valence-electron chi connectivity index (χ0n) is 12.5. The maximum absolute atomic E-state index is 2.57. The number of hydrogen-bond donors (Lipinski definition) is 0. The van der Waals surface area contributed by atoms with Crippen molar-refractivity contribution in [3.63, 3.8) is 0 Å². The van der Waals surface area contributed by atoms with Crippen molar-refractivity contribution in [3.8, 4) is 0 Å². The first-order valence-corrected chi connectivity index (χ1v) is 8.12. The number of rotatable bonds is 3. The van der Waals surface area contributed by atoms with Gasteiger partial charge in [-0.05, 0) is 48.3 Å². The monoisotopic (exact) mass is 236 g/mol. The summed E-state index contributed by atoms with van der Waals surface area (Å²) in [6.07, 6.45) is 11.9. The fourth-order valence-electron chi connectivity index (χ4n) is 4.95. The van der Waals surface area contributed by atoms with Crippen molar-refractivity contribution >= 4 is 0 Å². The van der Waals surface area contributed by atoms with Crippen LogP contribution in [0.15, 0.2) is 0 Å². The van der Waals surface area contributed by atoms with Crippen LogP contribution >= 0.6 is 0 Å². The predicted molar refractivity (Wildman–Crippen MR) is 76.0 cm³/mol. The lowest BCUT2D eigenvalue weighted by Crippen LogP contribution is -2.42. The van der Waals surface area contributed by atoms with E-state index in [1.807, 2.05) is 0 Å². The summed E-state index contributed by atoms with van der Waals surface area (Å²) in [7, 11) is 0. The molecule has 0 spiro atoms. The zero-order chi connectivity index (χ0) is 12.5. The molecule has 0 heteroatoms. The van der Waals surface area contributed by atoms with E-state index < -0.39 is 0 Å². The lowest BCUT2D eigenvalue weighted by atomic mass is 9.54. The Labute approximate surface area is 109 Å². The van der Waals surface area contributed by atoms with Gasteiger partial charge in [0.05, 0.1) is 0 Å². The molecule has 0 heterocycles. The van der Waals surface area contributed by atoms with Crippen LogP contribution in [-0.4, -0.2) is 0 Å². The molecule has 2 aliphatic rings. The molecule has 2 saturated carbocycles. The molecule has 0 radical (unpaired) electrons. The van der Waals surface area contributed by atoms with Gasteiger partial charge in [0.1, 0.15) is 0 Å². The van der Waals surface area contributed by atoms with Gasteiger partial charge >= 0.3 is 0 Å². The van der Waals surface area contributed by atoms with Crippen LogP contribution in [0.1, 0.15) is 79.1 Å². The summed E-state index contributed by atoms with van der Waals surface area (Å²) < 4.78 is 0. The summed E-state index contributed by atoms with van der Waals surface area (Å²) in [6, 6.07) is 0. The summed E-state index contributed by atoms with van der Waals surface area (Å²) >= 11 is 0. The Morgan fingerprint density at radius 2 is 1.47 bits per heavy atom. The fraction of sp³-hybridized carbons (Fsp3) is 1.00. The van der Waals surface area contributed by atoms with E-state index in [-0.39, 0.29) is 0 Å². The highest BCUT2D eigenvalue weighted by atomic mass is 14.5. The van der Waals surface area contributed by atoms with Gasteiger partial charge in [0.2, 0.25) is 0 Å². The first kappa shape index (κ1) is 13.4. The Kier molecular flexibility index (Phi) is 4.21. The summed E-state index contributed by atoms with van der Waals surface area (Å²) in [5.74, 6) is 4.17. The second kappa shape index (κ2) is 5.33. The molecule has 0 bridgehead atoms. The molecule has 2 fully saturated rings. The molecule has 2 rings (SSSR count). The molecule has 0 saturated heterocycles. The minimum absolute atomic E-state index is 0.625. The van der Waals surface area contributed by atoms with Gasteiger partial charge < -0.3 is 0 Å². The van der Waals surface area contributed by atoms with Crippen molar-refractivity contribution in [3.05, 3.63) is 0 Å². The van der Waals surface area contributed by atoms with E-state index in [1.165, 1.54) is 51.4 Å². The van der Waals surface area contributed by atoms with Crippen molar-refractivity contribution in [2.45, 2.75) is 79.1 Å². The zero-order valence-corrected chi connectivity index (χ0v) is 12.5. The molecule has 17 heavy (non-hydrogen) atoms. The average molecular weight is 236 g/mol. The van der Waals surface area contributed by atoms with E-state index >= 15 is 0 Å². The third kappa shape index (κ3) is 2.42. The maximum Gasteiger partial charge on any atom is -0.0300 e. The van der Waals surface area contributed by atoms with Crippen molar-refractivity contribution < 1.29 is 0 Å². The second-order valence-corrected chi connectivity index (χ2v) is 7.13. The van der Waals surface area contributed by atoms with Gasteiger partial charge in [-0.3, -0.25) is 0 Å². The van der Waals surface area contributed by atoms with E-state index in [4.69, 9.17) is 0 Å². The van der Waals surface area contributed by atoms with Crippen LogP contribution in [0.2, 0.25) is 0 Å². The molecule has 100 valence electrons. The fourth-order valence-corrected chi connectivity index (χ4v) is 4.95. The maximum atomic E-state index is 2.57. The van der Waals surface area contributed by atoms with Crippen LogP contribution < -0.4 is 0 Å². The van der Waals surface area contributed by atoms with Crippen LogP contribution in [-0.2, 0) is 0 Å². The molecule has 4 unspecified atom stereocenters. The molecule has 0 aromatic heterocycles. The Morgan fingerprint density at radius 3 is 2.12 bits per heavy atom. The lowest BCUT2D eigenvalue weighted by Gasteiger charge is -2.51. The van der Waals surface area contributed by atoms with E-state index in [1.54, 1.807) is 0 Å². The highest BCUT2D eigenvalue weighted by Crippen LogP contribution is 2.53. The third-order valence-electron chi connectivity index (χ3n) is 6.56. The molecule has 0 nitrogen and oxygen atoms in total. The molecule has 0 N–H and O–H groups in total. The standard InChI is InChI=1S/C17H32/c1-5-17(4,6-2)16-12-8-10-14-13(3)9-7-11-15(14)16/h13-16H,5-12H2,1-4H3. The number of hydrogen-bond acceptors (Lipinski definition) is 0. The first-order chi connectivity index (χ1) is 8.12. The number of fused-ring (bicyclic) bond motifs is 1. The van der Waals surface area contributed by atoms with Crippen LogP contribution in [0.25, 0.3) is 0 Å². The van der Waals surface area contributed by atoms with Crippen LogP contribution in [0.5, 0.6) is 0 Å². The SMILES string of the molecule is CCC(C)(CC)C1CCCC2C(C)CCCC21. The first-order valence-electron chi connectivity index (χ1n) is 8.12. The highest BCUT2D eigenvalue weighted by molar-refractivity contribution is 4.94. The Hall–Kier alpha value is 0. The van der Waals surface area contributed by atoms with Gasteiger partial charge in [0.15, 0.2) is 0 Å². The minimum Gasteiger partial charge on any atom is -0.0649 e. The summed E-state index contributed by atoms with van der Waals surface area (Å²) in [6.45, 7) is 9.92. The van der Waals surface area contributed by atoms with Gasteiger partial charge in [0.25, 0.3) is 0 Å². The Bertz CT molecular complexity index is 238. The molecule has 4 atom stereocenters. The van der Waals surface area contributed by atoms with Crippen molar-refractivity contribution in [1.82, 2.24) is 0 Å². The van der Waals surface area contributed by atoms with E-state index in [9.17, 15) is 0 Å². The largest absolute Gasteiger partial charge is 0.0649 e. The van der Waals surface area contributed by atoms with Crippen molar-refractivity contribution in [2.24, 2.45) is 29.1 Å². The quantitative estimate of drug-likeness (QED) is 0.592. The summed E-state index contributed by atoms with van der Waals surface area (Å²) in [4.78, 5) is 0. The Balaban J connectivity index is 2.16. The summed E-state index contributed by atoms with van der Waals surface area (Å²) in [5.41, 5.74) is 0.625. The van der Waals surface area contributed by atoms with Crippen molar-refractivity contribution in [2.75, 3.05) is 0 Å². The van der Waals surface area contributed by atoms with Crippen LogP contribution in [0.4, 0.5) is 0 Å². The lowest BCUT2D eigenvalue weighted by molar-refractivity contribution is -0.0123. The minimum atomic E-state index is 0.625. The van der Waals surface area contributed by atoms with Crippen molar-refractivity contribution in [1.29, 1.82) is 0 Å².